The van der Waals surface area contributed by atoms with Crippen molar-refractivity contribution in [1.29, 1.82) is 0 Å². The molecule has 14 heteroatoms. The fourth-order valence-corrected chi connectivity index (χ4v) is 5.82. The van der Waals surface area contributed by atoms with Gasteiger partial charge in [0.2, 0.25) is 0 Å². The number of nitrogens with zero attached hydrogens (tertiary/aromatic N) is 4. The number of fused-ring (bicyclic) bond motifs is 1. The van der Waals surface area contributed by atoms with Crippen molar-refractivity contribution in [2.45, 2.75) is 25.2 Å². The lowest BCUT2D eigenvalue weighted by Gasteiger charge is -2.39. The van der Waals surface area contributed by atoms with Crippen molar-refractivity contribution in [3.05, 3.63) is 84.3 Å². The van der Waals surface area contributed by atoms with Crippen molar-refractivity contribution in [3.8, 4) is 0 Å². The normalized spacial score (nSPS) is 18.6. The molecule has 246 valence electrons. The lowest BCUT2D eigenvalue weighted by molar-refractivity contribution is -0.177. The lowest BCUT2D eigenvalue weighted by atomic mass is 9.93. The first kappa shape index (κ1) is 32.0. The van der Waals surface area contributed by atoms with Gasteiger partial charge in [0, 0.05) is 49.5 Å². The van der Waals surface area contributed by atoms with Gasteiger partial charge in [-0.1, -0.05) is 36.4 Å². The number of pyridine rings is 2. The molecule has 2 aromatic heterocycles. The quantitative estimate of drug-likeness (QED) is 0.248. The molecule has 2 saturated heterocycles. The van der Waals surface area contributed by atoms with Crippen LogP contribution in [0.25, 0.3) is 10.9 Å². The van der Waals surface area contributed by atoms with Crippen LogP contribution in [0.3, 0.4) is 0 Å². The lowest BCUT2D eigenvalue weighted by Crippen LogP contribution is -2.51. The maximum atomic E-state index is 13.9. The van der Waals surface area contributed by atoms with Gasteiger partial charge < -0.3 is 30.3 Å². The third-order valence-corrected chi connectivity index (χ3v) is 8.17. The van der Waals surface area contributed by atoms with E-state index in [-0.39, 0.29) is 43.2 Å². The fourth-order valence-electron chi connectivity index (χ4n) is 5.82. The second-order valence-corrected chi connectivity index (χ2v) is 11.5. The molecule has 2 amide bonds. The number of amides is 2. The Hall–Kier alpha value is -4.95. The Morgan fingerprint density at radius 1 is 0.979 bits per heavy atom. The number of aromatic nitrogens is 2. The molecule has 0 spiro atoms. The number of piperidine rings is 1. The van der Waals surface area contributed by atoms with Crippen molar-refractivity contribution < 1.29 is 32.2 Å². The number of alkyl halides is 3. The Morgan fingerprint density at radius 2 is 1.77 bits per heavy atom. The maximum absolute atomic E-state index is 13.9. The molecule has 0 radical (unpaired) electrons. The van der Waals surface area contributed by atoms with Crippen LogP contribution in [0, 0.1) is 5.92 Å². The smallest absolute Gasteiger partial charge is 0.412 e. The molecule has 4 heterocycles. The highest BCUT2D eigenvalue weighted by molar-refractivity contribution is 6.11. The number of carbonyl (C=O) groups is 2. The van der Waals surface area contributed by atoms with Crippen molar-refractivity contribution in [2.75, 3.05) is 59.8 Å². The number of anilines is 4. The van der Waals surface area contributed by atoms with Gasteiger partial charge in [-0.15, -0.1) is 0 Å². The number of rotatable bonds is 7. The van der Waals surface area contributed by atoms with E-state index in [1.165, 1.54) is 23.4 Å². The van der Waals surface area contributed by atoms with Crippen LogP contribution in [0.1, 0.15) is 22.5 Å². The van der Waals surface area contributed by atoms with Crippen LogP contribution in [0.4, 0.5) is 40.7 Å². The number of morpholine rings is 1. The predicted molar refractivity (Wildman–Crippen MR) is 172 cm³/mol. The second kappa shape index (κ2) is 13.8. The minimum atomic E-state index is -4.42. The van der Waals surface area contributed by atoms with E-state index in [2.05, 4.69) is 25.5 Å². The Balaban J connectivity index is 1.30. The van der Waals surface area contributed by atoms with E-state index in [1.54, 1.807) is 6.07 Å². The highest BCUT2D eigenvalue weighted by atomic mass is 19.4. The molecular weight excluding hydrogens is 615 g/mol. The van der Waals surface area contributed by atoms with Gasteiger partial charge in [-0.05, 0) is 36.2 Å². The second-order valence-electron chi connectivity index (χ2n) is 11.5. The zero-order chi connectivity index (χ0) is 33.0. The SMILES string of the molecule is N[C@H]1C[C@@H](C(F)(F)F)CN(c2ccncc2NC(=O)c2nc3cc(N4CCOCC4)ccc3cc2NC(=O)OCc2ccccc2)C1. The topological polar surface area (TPSA) is 135 Å². The molecule has 0 aliphatic carbocycles. The fraction of sp³-hybridized carbons (Fsp3) is 0.333. The van der Waals surface area contributed by atoms with Crippen LogP contribution in [0.2, 0.25) is 0 Å². The minimum Gasteiger partial charge on any atom is -0.444 e. The molecule has 2 aromatic carbocycles. The van der Waals surface area contributed by atoms with Crippen molar-refractivity contribution in [1.82, 2.24) is 9.97 Å². The summed E-state index contributed by atoms with van der Waals surface area (Å²) in [6, 6.07) is 17.2. The van der Waals surface area contributed by atoms with E-state index in [0.717, 1.165) is 11.3 Å². The van der Waals surface area contributed by atoms with Crippen LogP contribution < -0.4 is 26.2 Å². The number of nitrogens with two attached hydrogens (primary N) is 1. The highest BCUT2D eigenvalue weighted by Gasteiger charge is 2.44. The molecular formula is C33H34F3N7O4. The predicted octanol–water partition coefficient (Wildman–Crippen LogP) is 5.18. The molecule has 2 fully saturated rings. The molecule has 0 bridgehead atoms. The van der Waals surface area contributed by atoms with Crippen molar-refractivity contribution in [2.24, 2.45) is 11.7 Å². The summed E-state index contributed by atoms with van der Waals surface area (Å²) in [4.78, 5) is 39.2. The zero-order valence-corrected chi connectivity index (χ0v) is 25.4. The Bertz CT molecular complexity index is 1730. The average molecular weight is 650 g/mol. The van der Waals surface area contributed by atoms with Gasteiger partial charge in [-0.3, -0.25) is 15.1 Å². The Morgan fingerprint density at radius 3 is 2.53 bits per heavy atom. The van der Waals surface area contributed by atoms with Crippen LogP contribution >= 0.6 is 0 Å². The molecule has 0 saturated carbocycles. The number of nitrogens with one attached hydrogen (secondary N) is 2. The molecule has 47 heavy (non-hydrogen) atoms. The first-order valence-electron chi connectivity index (χ1n) is 15.2. The molecule has 2 atom stereocenters. The Kier molecular flexibility index (Phi) is 9.41. The number of carbonyl (C=O) groups excluding carboxylic acids is 2. The number of benzene rings is 2. The number of halogens is 3. The van der Waals surface area contributed by atoms with Crippen LogP contribution in [0.5, 0.6) is 0 Å². The molecule has 2 aliphatic heterocycles. The van der Waals surface area contributed by atoms with E-state index < -0.39 is 30.1 Å². The highest BCUT2D eigenvalue weighted by Crippen LogP contribution is 2.37. The van der Waals surface area contributed by atoms with Gasteiger partial charge in [0.05, 0.1) is 47.9 Å². The summed E-state index contributed by atoms with van der Waals surface area (Å²) in [6.07, 6.45) is -2.61. The third-order valence-electron chi connectivity index (χ3n) is 8.17. The zero-order valence-electron chi connectivity index (χ0n) is 25.4. The van der Waals surface area contributed by atoms with E-state index in [9.17, 15) is 22.8 Å². The summed E-state index contributed by atoms with van der Waals surface area (Å²) in [5, 5.41) is 6.07. The maximum Gasteiger partial charge on any atom is 0.412 e. The van der Waals surface area contributed by atoms with Crippen molar-refractivity contribution >= 4 is 45.7 Å². The Labute approximate surface area is 268 Å². The molecule has 4 N–H and O–H groups in total. The summed E-state index contributed by atoms with van der Waals surface area (Å²) in [5.74, 6) is -2.33. The van der Waals surface area contributed by atoms with Gasteiger partial charge in [0.25, 0.3) is 5.91 Å². The van der Waals surface area contributed by atoms with E-state index >= 15 is 0 Å². The van der Waals surface area contributed by atoms with E-state index in [4.69, 9.17) is 15.2 Å². The van der Waals surface area contributed by atoms with Gasteiger partial charge in [-0.25, -0.2) is 9.78 Å². The number of hydrogen-bond acceptors (Lipinski definition) is 9. The summed E-state index contributed by atoms with van der Waals surface area (Å²) in [7, 11) is 0. The third kappa shape index (κ3) is 7.72. The average Bonchev–Trinajstić information content (AvgIpc) is 3.07. The van der Waals surface area contributed by atoms with E-state index in [0.29, 0.717) is 42.9 Å². The largest absolute Gasteiger partial charge is 0.444 e. The number of ether oxygens (including phenoxy) is 2. The first-order valence-corrected chi connectivity index (χ1v) is 15.2. The summed E-state index contributed by atoms with van der Waals surface area (Å²) in [5.41, 5.74) is 8.69. The van der Waals surface area contributed by atoms with Gasteiger partial charge >= 0.3 is 12.3 Å². The van der Waals surface area contributed by atoms with Crippen LogP contribution in [-0.2, 0) is 16.1 Å². The molecule has 0 unspecified atom stereocenters. The summed E-state index contributed by atoms with van der Waals surface area (Å²) in [6.45, 7) is 2.43. The molecule has 4 aromatic rings. The standard InChI is InChI=1S/C33H34F3N7O4/c34-33(35,36)23-15-24(37)19-43(18-23)29-8-9-38-17-28(29)40-31(44)30-27(41-32(45)47-20-21-4-2-1-3-5-21)14-22-6-7-25(16-26(22)39-30)42-10-12-46-13-11-42/h1-9,14,16-17,23-24H,10-13,15,18-20,37H2,(H,40,44)(H,41,45)/t23-,24+/m1/s1. The summed E-state index contributed by atoms with van der Waals surface area (Å²) >= 11 is 0. The number of hydrogen-bond donors (Lipinski definition) is 3. The molecule has 6 rings (SSSR count). The monoisotopic (exact) mass is 649 g/mol. The van der Waals surface area contributed by atoms with Crippen LogP contribution in [0.15, 0.2) is 73.1 Å². The summed E-state index contributed by atoms with van der Waals surface area (Å²) < 4.78 is 51.9. The van der Waals surface area contributed by atoms with Gasteiger partial charge in [0.1, 0.15) is 6.61 Å². The van der Waals surface area contributed by atoms with Gasteiger partial charge in [-0.2, -0.15) is 13.2 Å². The van der Waals surface area contributed by atoms with Crippen molar-refractivity contribution in [3.63, 3.8) is 0 Å². The van der Waals surface area contributed by atoms with E-state index in [1.807, 2.05) is 48.5 Å². The molecule has 2 aliphatic rings. The van der Waals surface area contributed by atoms with Gasteiger partial charge in [0.15, 0.2) is 5.69 Å². The first-order chi connectivity index (χ1) is 22.6. The van der Waals surface area contributed by atoms with Crippen LogP contribution in [-0.4, -0.2) is 73.6 Å². The minimum absolute atomic E-state index is 0.00799. The molecule has 11 nitrogen and oxygen atoms in total.